The van der Waals surface area contributed by atoms with Gasteiger partial charge in [-0.1, -0.05) is 29.5 Å². The zero-order chi connectivity index (χ0) is 12.1. The van der Waals surface area contributed by atoms with Gasteiger partial charge in [-0.15, -0.1) is 0 Å². The molecule has 0 unspecified atom stereocenters. The number of rotatable bonds is 1. The highest BCUT2D eigenvalue weighted by Crippen LogP contribution is 2.14. The highest BCUT2D eigenvalue weighted by atomic mass is 16.1. The van der Waals surface area contributed by atoms with Crippen LogP contribution in [-0.2, 0) is 4.79 Å². The van der Waals surface area contributed by atoms with Crippen molar-refractivity contribution in [3.05, 3.63) is 34.4 Å². The summed E-state index contributed by atoms with van der Waals surface area (Å²) >= 11 is 0. The van der Waals surface area contributed by atoms with Gasteiger partial charge in [-0.05, 0) is 31.9 Å². The molecule has 0 aliphatic rings. The van der Waals surface area contributed by atoms with Crippen molar-refractivity contribution in [3.63, 3.8) is 0 Å². The monoisotopic (exact) mass is 215 g/mol. The van der Waals surface area contributed by atoms with Crippen LogP contribution in [0.1, 0.15) is 29.2 Å². The number of aryl methyl sites for hydroxylation is 3. The Morgan fingerprint density at radius 3 is 2.31 bits per heavy atom. The summed E-state index contributed by atoms with van der Waals surface area (Å²) in [6.07, 6.45) is 0. The van der Waals surface area contributed by atoms with E-state index in [0.717, 1.165) is 5.56 Å². The van der Waals surface area contributed by atoms with Crippen LogP contribution in [0.15, 0.2) is 12.1 Å². The normalized spacial score (nSPS) is 9.25. The Balaban J connectivity index is 2.84. The van der Waals surface area contributed by atoms with Crippen molar-refractivity contribution in [2.45, 2.75) is 27.7 Å². The van der Waals surface area contributed by atoms with Crippen LogP contribution >= 0.6 is 0 Å². The van der Waals surface area contributed by atoms with Crippen LogP contribution in [0.4, 0.5) is 0 Å². The van der Waals surface area contributed by atoms with Gasteiger partial charge in [-0.25, -0.2) is 0 Å². The molecule has 16 heavy (non-hydrogen) atoms. The number of amides is 1. The van der Waals surface area contributed by atoms with Crippen molar-refractivity contribution in [1.29, 1.82) is 0 Å². The Morgan fingerprint density at radius 1 is 1.25 bits per heavy atom. The van der Waals surface area contributed by atoms with Crippen molar-refractivity contribution in [3.8, 4) is 11.8 Å². The van der Waals surface area contributed by atoms with Crippen molar-refractivity contribution in [1.82, 2.24) is 5.32 Å². The highest BCUT2D eigenvalue weighted by Gasteiger charge is 1.99. The molecule has 0 saturated carbocycles. The summed E-state index contributed by atoms with van der Waals surface area (Å²) < 4.78 is 0. The largest absolute Gasteiger partial charge is 0.345 e. The lowest BCUT2D eigenvalue weighted by atomic mass is 10.0. The summed E-state index contributed by atoms with van der Waals surface area (Å²) in [5.41, 5.74) is 4.69. The van der Waals surface area contributed by atoms with Gasteiger partial charge < -0.3 is 5.32 Å². The van der Waals surface area contributed by atoms with Gasteiger partial charge in [-0.2, -0.15) is 0 Å². The summed E-state index contributed by atoms with van der Waals surface area (Å²) in [5.74, 6) is 6.00. The van der Waals surface area contributed by atoms with E-state index in [1.165, 1.54) is 23.6 Å². The Bertz CT molecular complexity index is 440. The van der Waals surface area contributed by atoms with E-state index in [0.29, 0.717) is 6.54 Å². The average molecular weight is 215 g/mol. The van der Waals surface area contributed by atoms with Crippen LogP contribution in [0.5, 0.6) is 0 Å². The van der Waals surface area contributed by atoms with Gasteiger partial charge in [0, 0.05) is 12.5 Å². The van der Waals surface area contributed by atoms with Crippen molar-refractivity contribution < 1.29 is 4.79 Å². The molecule has 1 N–H and O–H groups in total. The Hall–Kier alpha value is -1.75. The first-order chi connectivity index (χ1) is 7.50. The summed E-state index contributed by atoms with van der Waals surface area (Å²) in [6.45, 7) is 8.09. The molecular formula is C14H17NO. The van der Waals surface area contributed by atoms with Gasteiger partial charge >= 0.3 is 0 Å². The molecule has 0 radical (unpaired) electrons. The fourth-order valence-corrected chi connectivity index (χ4v) is 1.68. The van der Waals surface area contributed by atoms with E-state index in [2.05, 4.69) is 50.1 Å². The molecule has 0 aliphatic heterocycles. The van der Waals surface area contributed by atoms with E-state index in [1.54, 1.807) is 0 Å². The number of carbonyl (C=O) groups excluding carboxylic acids is 1. The molecule has 1 aromatic rings. The first-order valence-corrected chi connectivity index (χ1v) is 5.32. The lowest BCUT2D eigenvalue weighted by Gasteiger charge is -2.04. The summed E-state index contributed by atoms with van der Waals surface area (Å²) in [4.78, 5) is 10.7. The number of carbonyl (C=O) groups is 1. The second-order valence-corrected chi connectivity index (χ2v) is 3.99. The van der Waals surface area contributed by atoms with E-state index in [1.807, 2.05) is 0 Å². The number of benzene rings is 1. The number of hydrogen-bond acceptors (Lipinski definition) is 1. The van der Waals surface area contributed by atoms with E-state index in [4.69, 9.17) is 0 Å². The minimum Gasteiger partial charge on any atom is -0.345 e. The average Bonchev–Trinajstić information content (AvgIpc) is 2.14. The Kier molecular flexibility index (Phi) is 4.13. The van der Waals surface area contributed by atoms with Crippen molar-refractivity contribution in [2.75, 3.05) is 6.54 Å². The van der Waals surface area contributed by atoms with Crippen LogP contribution in [-0.4, -0.2) is 12.5 Å². The minimum atomic E-state index is -0.0494. The maximum Gasteiger partial charge on any atom is 0.217 e. The Labute approximate surface area is 97.1 Å². The third kappa shape index (κ3) is 3.43. The molecule has 0 atom stereocenters. The van der Waals surface area contributed by atoms with E-state index in [9.17, 15) is 4.79 Å². The standard InChI is InChI=1S/C14H17NO/c1-10-8-11(2)14(12(3)9-10)6-5-7-15-13(4)16/h8-9H,7H2,1-4H3,(H,15,16). The van der Waals surface area contributed by atoms with Crippen LogP contribution in [0.2, 0.25) is 0 Å². The van der Waals surface area contributed by atoms with Gasteiger partial charge in [0.25, 0.3) is 0 Å². The van der Waals surface area contributed by atoms with Crippen molar-refractivity contribution >= 4 is 5.91 Å². The third-order valence-electron chi connectivity index (χ3n) is 2.32. The van der Waals surface area contributed by atoms with E-state index >= 15 is 0 Å². The van der Waals surface area contributed by atoms with Crippen LogP contribution in [0.25, 0.3) is 0 Å². The summed E-state index contributed by atoms with van der Waals surface area (Å²) in [7, 11) is 0. The smallest absolute Gasteiger partial charge is 0.217 e. The second kappa shape index (κ2) is 5.37. The summed E-state index contributed by atoms with van der Waals surface area (Å²) in [5, 5.41) is 2.65. The molecule has 0 saturated heterocycles. The molecule has 0 fully saturated rings. The highest BCUT2D eigenvalue weighted by molar-refractivity contribution is 5.73. The van der Waals surface area contributed by atoms with Gasteiger partial charge in [0.05, 0.1) is 6.54 Å². The van der Waals surface area contributed by atoms with E-state index < -0.39 is 0 Å². The fourth-order valence-electron chi connectivity index (χ4n) is 1.68. The molecule has 0 bridgehead atoms. The van der Waals surface area contributed by atoms with Crippen LogP contribution < -0.4 is 5.32 Å². The first kappa shape index (κ1) is 12.3. The quantitative estimate of drug-likeness (QED) is 0.714. The zero-order valence-corrected chi connectivity index (χ0v) is 10.3. The first-order valence-electron chi connectivity index (χ1n) is 5.32. The number of nitrogens with one attached hydrogen (secondary N) is 1. The Morgan fingerprint density at radius 2 is 1.81 bits per heavy atom. The molecule has 0 aliphatic carbocycles. The molecule has 1 aromatic carbocycles. The van der Waals surface area contributed by atoms with Crippen LogP contribution in [0.3, 0.4) is 0 Å². The molecular weight excluding hydrogens is 198 g/mol. The topological polar surface area (TPSA) is 29.1 Å². The number of hydrogen-bond donors (Lipinski definition) is 1. The maximum absolute atomic E-state index is 10.7. The fraction of sp³-hybridized carbons (Fsp3) is 0.357. The molecule has 0 aromatic heterocycles. The van der Waals surface area contributed by atoms with Gasteiger partial charge in [0.15, 0.2) is 0 Å². The molecule has 2 heteroatoms. The van der Waals surface area contributed by atoms with Gasteiger partial charge in [0.1, 0.15) is 0 Å². The van der Waals surface area contributed by atoms with Crippen LogP contribution in [0, 0.1) is 32.6 Å². The van der Waals surface area contributed by atoms with Gasteiger partial charge in [0.2, 0.25) is 5.91 Å². The second-order valence-electron chi connectivity index (χ2n) is 3.99. The lowest BCUT2D eigenvalue weighted by molar-refractivity contribution is -0.118. The van der Waals surface area contributed by atoms with E-state index in [-0.39, 0.29) is 5.91 Å². The SMILES string of the molecule is CC(=O)NCC#Cc1c(C)cc(C)cc1C. The predicted octanol–water partition coefficient (Wildman–Crippen LogP) is 2.10. The molecule has 0 heterocycles. The third-order valence-corrected chi connectivity index (χ3v) is 2.32. The van der Waals surface area contributed by atoms with Crippen molar-refractivity contribution in [2.24, 2.45) is 0 Å². The predicted molar refractivity (Wildman–Crippen MR) is 66.2 cm³/mol. The zero-order valence-electron chi connectivity index (χ0n) is 10.3. The minimum absolute atomic E-state index is 0.0494. The lowest BCUT2D eigenvalue weighted by Crippen LogP contribution is -2.19. The molecule has 1 rings (SSSR count). The molecule has 0 spiro atoms. The molecule has 2 nitrogen and oxygen atoms in total. The van der Waals surface area contributed by atoms with Gasteiger partial charge in [-0.3, -0.25) is 4.79 Å². The molecule has 84 valence electrons. The molecule has 1 amide bonds. The summed E-state index contributed by atoms with van der Waals surface area (Å²) in [6, 6.07) is 4.24. The maximum atomic E-state index is 10.7.